The number of rotatable bonds is 6. The number of piperidine rings is 1. The number of halogens is 2. The second-order valence-corrected chi connectivity index (χ2v) is 11.6. The molecule has 1 aliphatic heterocycles. The minimum atomic E-state index is -0.524. The van der Waals surface area contributed by atoms with E-state index in [1.165, 1.54) is 31.7 Å². The molecule has 2 aromatic rings. The van der Waals surface area contributed by atoms with Crippen LogP contribution in [0.4, 0.5) is 10.1 Å². The first kappa shape index (κ1) is 27.4. The monoisotopic (exact) mass is 549 g/mol. The van der Waals surface area contributed by atoms with Crippen LogP contribution in [0.3, 0.4) is 0 Å². The molecule has 2 N–H and O–H groups in total. The SMILES string of the molecule is Cc1cc(NC(=O)C2CCCN(C(=O)c3c(C)cccc3F)C2[C@@H]2C=CC(NC3CCCC3)=CC2)ccc1Cl. The molecule has 1 heterocycles. The molecule has 5 rings (SSSR count). The first-order valence-corrected chi connectivity index (χ1v) is 14.5. The van der Waals surface area contributed by atoms with E-state index in [4.69, 9.17) is 11.6 Å². The van der Waals surface area contributed by atoms with Crippen molar-refractivity contribution < 1.29 is 14.0 Å². The number of carbonyl (C=O) groups excluding carboxylic acids is 2. The summed E-state index contributed by atoms with van der Waals surface area (Å²) in [6.45, 7) is 4.14. The van der Waals surface area contributed by atoms with Gasteiger partial charge in [-0.2, -0.15) is 0 Å². The Balaban J connectivity index is 1.42. The number of nitrogens with one attached hydrogen (secondary N) is 2. The first-order chi connectivity index (χ1) is 18.8. The van der Waals surface area contributed by atoms with Crippen LogP contribution in [0.2, 0.25) is 5.02 Å². The third-order valence-corrected chi connectivity index (χ3v) is 8.87. The van der Waals surface area contributed by atoms with E-state index in [-0.39, 0.29) is 29.3 Å². The number of hydrogen-bond donors (Lipinski definition) is 2. The normalized spacial score (nSPS) is 23.4. The maximum absolute atomic E-state index is 14.9. The Morgan fingerprint density at radius 3 is 2.51 bits per heavy atom. The third kappa shape index (κ3) is 6.06. The molecule has 1 saturated heterocycles. The molecule has 0 radical (unpaired) electrons. The summed E-state index contributed by atoms with van der Waals surface area (Å²) in [6.07, 6.45) is 13.3. The van der Waals surface area contributed by atoms with E-state index in [1.54, 1.807) is 36.1 Å². The van der Waals surface area contributed by atoms with Crippen molar-refractivity contribution >= 4 is 29.1 Å². The Bertz CT molecular complexity index is 1280. The fraction of sp³-hybridized carbons (Fsp3) is 0.438. The average Bonchev–Trinajstić information content (AvgIpc) is 3.44. The second-order valence-electron chi connectivity index (χ2n) is 11.2. The molecule has 7 heteroatoms. The highest BCUT2D eigenvalue weighted by atomic mass is 35.5. The van der Waals surface area contributed by atoms with Crippen LogP contribution in [0.25, 0.3) is 0 Å². The summed E-state index contributed by atoms with van der Waals surface area (Å²) in [4.78, 5) is 29.4. The van der Waals surface area contributed by atoms with Gasteiger partial charge in [-0.25, -0.2) is 4.39 Å². The van der Waals surface area contributed by atoms with Crippen molar-refractivity contribution in [2.45, 2.75) is 70.9 Å². The molecule has 3 aliphatic rings. The average molecular weight is 550 g/mol. The van der Waals surface area contributed by atoms with Gasteiger partial charge < -0.3 is 15.5 Å². The molecule has 3 atom stereocenters. The number of aryl methyl sites for hydroxylation is 2. The lowest BCUT2D eigenvalue weighted by Crippen LogP contribution is -2.55. The molecule has 0 aromatic heterocycles. The van der Waals surface area contributed by atoms with Gasteiger partial charge in [0.25, 0.3) is 5.91 Å². The lowest BCUT2D eigenvalue weighted by molar-refractivity contribution is -0.123. The van der Waals surface area contributed by atoms with Crippen LogP contribution in [-0.2, 0) is 4.79 Å². The number of amides is 2. The van der Waals surface area contributed by atoms with Gasteiger partial charge in [0.05, 0.1) is 17.5 Å². The highest BCUT2D eigenvalue weighted by Gasteiger charge is 2.43. The Hall–Kier alpha value is -3.12. The van der Waals surface area contributed by atoms with Crippen molar-refractivity contribution in [3.05, 3.63) is 87.9 Å². The molecule has 2 fully saturated rings. The molecule has 2 amide bonds. The van der Waals surface area contributed by atoms with E-state index in [9.17, 15) is 14.0 Å². The van der Waals surface area contributed by atoms with Crippen LogP contribution in [0.5, 0.6) is 0 Å². The number of benzene rings is 2. The minimum Gasteiger partial charge on any atom is -0.383 e. The van der Waals surface area contributed by atoms with Crippen molar-refractivity contribution in [3.63, 3.8) is 0 Å². The molecular weight excluding hydrogens is 513 g/mol. The molecule has 39 heavy (non-hydrogen) atoms. The number of hydrogen-bond acceptors (Lipinski definition) is 3. The van der Waals surface area contributed by atoms with Gasteiger partial charge in [0.15, 0.2) is 0 Å². The highest BCUT2D eigenvalue weighted by Crippen LogP contribution is 2.36. The summed E-state index contributed by atoms with van der Waals surface area (Å²) in [5, 5.41) is 7.35. The number of anilines is 1. The second kappa shape index (κ2) is 12.0. The van der Waals surface area contributed by atoms with Crippen LogP contribution < -0.4 is 10.6 Å². The van der Waals surface area contributed by atoms with E-state index in [1.807, 2.05) is 13.0 Å². The van der Waals surface area contributed by atoms with Crippen LogP contribution >= 0.6 is 11.6 Å². The number of carbonyl (C=O) groups is 2. The minimum absolute atomic E-state index is 0.0573. The fourth-order valence-electron chi connectivity index (χ4n) is 6.38. The van der Waals surface area contributed by atoms with Gasteiger partial charge in [0, 0.05) is 34.9 Å². The van der Waals surface area contributed by atoms with Gasteiger partial charge in [0.1, 0.15) is 5.82 Å². The van der Waals surface area contributed by atoms with Gasteiger partial charge in [-0.15, -0.1) is 0 Å². The van der Waals surface area contributed by atoms with Gasteiger partial charge in [-0.1, -0.05) is 48.7 Å². The maximum Gasteiger partial charge on any atom is 0.257 e. The van der Waals surface area contributed by atoms with Crippen LogP contribution in [-0.4, -0.2) is 35.3 Å². The summed E-state index contributed by atoms with van der Waals surface area (Å²) in [5.41, 5.74) is 3.36. The summed E-state index contributed by atoms with van der Waals surface area (Å²) >= 11 is 6.19. The molecule has 206 valence electrons. The predicted molar refractivity (Wildman–Crippen MR) is 154 cm³/mol. The molecule has 0 spiro atoms. The maximum atomic E-state index is 14.9. The summed E-state index contributed by atoms with van der Waals surface area (Å²) < 4.78 is 14.9. The van der Waals surface area contributed by atoms with E-state index < -0.39 is 11.7 Å². The number of likely N-dealkylation sites (tertiary alicyclic amines) is 1. The van der Waals surface area contributed by atoms with E-state index in [0.717, 1.165) is 11.3 Å². The Morgan fingerprint density at radius 2 is 1.82 bits per heavy atom. The molecule has 5 nitrogen and oxygen atoms in total. The summed E-state index contributed by atoms with van der Waals surface area (Å²) in [6, 6.07) is 10.2. The van der Waals surface area contributed by atoms with Gasteiger partial charge in [-0.3, -0.25) is 9.59 Å². The Morgan fingerprint density at radius 1 is 1.03 bits per heavy atom. The lowest BCUT2D eigenvalue weighted by Gasteiger charge is -2.44. The summed E-state index contributed by atoms with van der Waals surface area (Å²) in [5.74, 6) is -1.49. The van der Waals surface area contributed by atoms with Crippen LogP contribution in [0, 0.1) is 31.5 Å². The lowest BCUT2D eigenvalue weighted by atomic mass is 9.77. The third-order valence-electron chi connectivity index (χ3n) is 8.44. The van der Waals surface area contributed by atoms with Crippen molar-refractivity contribution in [3.8, 4) is 0 Å². The molecule has 0 bridgehead atoms. The molecule has 2 unspecified atom stereocenters. The zero-order valence-electron chi connectivity index (χ0n) is 22.7. The fourth-order valence-corrected chi connectivity index (χ4v) is 6.50. The van der Waals surface area contributed by atoms with Crippen molar-refractivity contribution in [1.82, 2.24) is 10.2 Å². The molecule has 2 aliphatic carbocycles. The van der Waals surface area contributed by atoms with Gasteiger partial charge in [-0.05, 0) is 87.4 Å². The summed E-state index contributed by atoms with van der Waals surface area (Å²) in [7, 11) is 0. The van der Waals surface area contributed by atoms with E-state index in [2.05, 4.69) is 28.9 Å². The van der Waals surface area contributed by atoms with Gasteiger partial charge >= 0.3 is 0 Å². The van der Waals surface area contributed by atoms with Crippen LogP contribution in [0.15, 0.2) is 60.3 Å². The van der Waals surface area contributed by atoms with Crippen molar-refractivity contribution in [1.29, 1.82) is 0 Å². The zero-order chi connectivity index (χ0) is 27.5. The standard InChI is InChI=1S/C32H37ClFN3O2/c1-20-7-5-11-28(34)29(20)32(39)37-18-6-10-26(31(38)36-25-16-17-27(33)21(2)19-25)30(37)22-12-14-24(15-13-22)35-23-8-3-4-9-23/h5,7,11-12,14-17,19,22-23,26,30,35H,3-4,6,8-10,13,18H2,1-2H3,(H,36,38)/t22-,26?,30?/m1/s1. The van der Waals surface area contributed by atoms with E-state index >= 15 is 0 Å². The van der Waals surface area contributed by atoms with Gasteiger partial charge in [0.2, 0.25) is 5.91 Å². The van der Waals surface area contributed by atoms with Crippen molar-refractivity contribution in [2.75, 3.05) is 11.9 Å². The smallest absolute Gasteiger partial charge is 0.257 e. The van der Waals surface area contributed by atoms with Crippen molar-refractivity contribution in [2.24, 2.45) is 11.8 Å². The molecule has 2 aromatic carbocycles. The quantitative estimate of drug-likeness (QED) is 0.410. The predicted octanol–water partition coefficient (Wildman–Crippen LogP) is 6.95. The number of allylic oxidation sites excluding steroid dienone is 2. The molecular formula is C32H37ClFN3O2. The highest BCUT2D eigenvalue weighted by molar-refractivity contribution is 6.31. The molecule has 1 saturated carbocycles. The topological polar surface area (TPSA) is 61.4 Å². The van der Waals surface area contributed by atoms with Crippen LogP contribution in [0.1, 0.15) is 66.4 Å². The Kier molecular flexibility index (Phi) is 8.41. The van der Waals surface area contributed by atoms with E-state index in [0.29, 0.717) is 48.1 Å². The number of nitrogens with zero attached hydrogens (tertiary/aromatic N) is 1. The largest absolute Gasteiger partial charge is 0.383 e. The zero-order valence-corrected chi connectivity index (χ0v) is 23.4. The Labute approximate surface area is 235 Å². The first-order valence-electron chi connectivity index (χ1n) is 14.1.